The summed E-state index contributed by atoms with van der Waals surface area (Å²) in [5.41, 5.74) is 0. The summed E-state index contributed by atoms with van der Waals surface area (Å²) in [5, 5.41) is 7.70. The highest BCUT2D eigenvalue weighted by Gasteiger charge is 2.31. The number of hydrogen-bond donors (Lipinski definition) is 1. The van der Waals surface area contributed by atoms with Crippen LogP contribution < -0.4 is 5.32 Å². The van der Waals surface area contributed by atoms with E-state index < -0.39 is 0 Å². The van der Waals surface area contributed by atoms with E-state index in [1.807, 2.05) is 0 Å². The van der Waals surface area contributed by atoms with Crippen LogP contribution in [0.5, 0.6) is 0 Å². The third-order valence-corrected chi connectivity index (χ3v) is 4.36. The van der Waals surface area contributed by atoms with Crippen LogP contribution in [-0.2, 0) is 9.47 Å². The molecule has 0 radical (unpaired) electrons. The lowest BCUT2D eigenvalue weighted by Gasteiger charge is -2.22. The van der Waals surface area contributed by atoms with E-state index in [0.29, 0.717) is 37.6 Å². The average Bonchev–Trinajstić information content (AvgIpc) is 2.90. The molecule has 21 heavy (non-hydrogen) atoms. The third kappa shape index (κ3) is 3.62. The molecule has 1 aliphatic carbocycles. The number of nitrogens with zero attached hydrogens (tertiary/aromatic N) is 2. The lowest BCUT2D eigenvalue weighted by atomic mass is 9.94. The van der Waals surface area contributed by atoms with Gasteiger partial charge in [0.25, 0.3) is 0 Å². The van der Waals surface area contributed by atoms with Gasteiger partial charge in [-0.15, -0.1) is 0 Å². The fraction of sp³-hybridized carbons (Fsp3) is 0.867. The number of aromatic nitrogens is 2. The molecule has 0 aromatic carbocycles. The zero-order valence-corrected chi connectivity index (χ0v) is 12.7. The van der Waals surface area contributed by atoms with Crippen LogP contribution in [0.15, 0.2) is 4.52 Å². The molecule has 2 heterocycles. The van der Waals surface area contributed by atoms with Gasteiger partial charge in [-0.05, 0) is 19.4 Å². The molecule has 6 nitrogen and oxygen atoms in total. The molecule has 2 aliphatic rings. The van der Waals surface area contributed by atoms with E-state index in [1.54, 1.807) is 0 Å². The summed E-state index contributed by atoms with van der Waals surface area (Å²) in [7, 11) is 0. The summed E-state index contributed by atoms with van der Waals surface area (Å²) in [6.07, 6.45) is 5.90. The maximum absolute atomic E-state index is 5.64. The van der Waals surface area contributed by atoms with E-state index in [1.165, 1.54) is 25.7 Å². The van der Waals surface area contributed by atoms with Crippen molar-refractivity contribution in [3.8, 4) is 0 Å². The molecular formula is C15H25N3O3. The highest BCUT2D eigenvalue weighted by atomic mass is 16.6. The fourth-order valence-corrected chi connectivity index (χ4v) is 3.28. The van der Waals surface area contributed by atoms with Gasteiger partial charge in [-0.25, -0.2) is 0 Å². The number of nitrogens with one attached hydrogen (secondary N) is 1. The molecule has 2 fully saturated rings. The minimum Gasteiger partial charge on any atom is -0.376 e. The highest BCUT2D eigenvalue weighted by molar-refractivity contribution is 5.02. The van der Waals surface area contributed by atoms with E-state index in [9.17, 15) is 0 Å². The van der Waals surface area contributed by atoms with Crippen LogP contribution >= 0.6 is 0 Å². The Bertz CT molecular complexity index is 432. The first kappa shape index (κ1) is 14.9. The lowest BCUT2D eigenvalue weighted by molar-refractivity contribution is -0.0941. The van der Waals surface area contributed by atoms with Crippen molar-refractivity contribution < 1.29 is 14.0 Å². The summed E-state index contributed by atoms with van der Waals surface area (Å²) in [5.74, 6) is 1.70. The molecule has 1 saturated carbocycles. The van der Waals surface area contributed by atoms with Crippen molar-refractivity contribution in [2.24, 2.45) is 0 Å². The van der Waals surface area contributed by atoms with E-state index in [0.717, 1.165) is 18.9 Å². The summed E-state index contributed by atoms with van der Waals surface area (Å²) in [6, 6.07) is 0.439. The number of likely N-dealkylation sites (N-methyl/N-ethyl adjacent to an activating group) is 1. The average molecular weight is 295 g/mol. The molecule has 1 saturated heterocycles. The predicted molar refractivity (Wildman–Crippen MR) is 77.1 cm³/mol. The Morgan fingerprint density at radius 3 is 2.90 bits per heavy atom. The standard InChI is InChI=1S/C15H25N3O3/c1-2-16-12-7-5-3-4-6-11(12)15-17-14(18-21-15)13-10-19-8-9-20-13/h11-13,16H,2-10H2,1H3. The zero-order chi connectivity index (χ0) is 14.5. The summed E-state index contributed by atoms with van der Waals surface area (Å²) in [4.78, 5) is 4.61. The molecule has 118 valence electrons. The first-order valence-corrected chi connectivity index (χ1v) is 8.14. The van der Waals surface area contributed by atoms with Crippen molar-refractivity contribution in [3.63, 3.8) is 0 Å². The van der Waals surface area contributed by atoms with Crippen LogP contribution in [0.1, 0.15) is 62.8 Å². The van der Waals surface area contributed by atoms with Gasteiger partial charge in [0.1, 0.15) is 6.10 Å². The van der Waals surface area contributed by atoms with Gasteiger partial charge < -0.3 is 19.3 Å². The molecule has 0 amide bonds. The molecule has 3 rings (SSSR count). The Kier molecular flexibility index (Phi) is 5.22. The first-order chi connectivity index (χ1) is 10.4. The van der Waals surface area contributed by atoms with Crippen molar-refractivity contribution in [1.82, 2.24) is 15.5 Å². The van der Waals surface area contributed by atoms with Crippen LogP contribution in [0.25, 0.3) is 0 Å². The second kappa shape index (κ2) is 7.33. The highest BCUT2D eigenvalue weighted by Crippen LogP contribution is 2.32. The van der Waals surface area contributed by atoms with Crippen LogP contribution in [0.2, 0.25) is 0 Å². The maximum Gasteiger partial charge on any atom is 0.231 e. The van der Waals surface area contributed by atoms with Gasteiger partial charge in [-0.1, -0.05) is 31.3 Å². The van der Waals surface area contributed by atoms with Gasteiger partial charge in [-0.3, -0.25) is 0 Å². The van der Waals surface area contributed by atoms with Gasteiger partial charge in [0.05, 0.1) is 25.7 Å². The van der Waals surface area contributed by atoms with Crippen LogP contribution in [0.3, 0.4) is 0 Å². The molecule has 3 unspecified atom stereocenters. The summed E-state index contributed by atoms with van der Waals surface area (Å²) < 4.78 is 16.6. The van der Waals surface area contributed by atoms with Gasteiger partial charge in [0.2, 0.25) is 11.7 Å². The van der Waals surface area contributed by atoms with Crippen molar-refractivity contribution >= 4 is 0 Å². The van der Waals surface area contributed by atoms with E-state index in [4.69, 9.17) is 14.0 Å². The first-order valence-electron chi connectivity index (χ1n) is 8.14. The van der Waals surface area contributed by atoms with Crippen molar-refractivity contribution in [1.29, 1.82) is 0 Å². The van der Waals surface area contributed by atoms with Crippen LogP contribution in [-0.4, -0.2) is 42.5 Å². The van der Waals surface area contributed by atoms with Crippen molar-refractivity contribution in [3.05, 3.63) is 11.7 Å². The maximum atomic E-state index is 5.64. The molecule has 1 aromatic heterocycles. The minimum atomic E-state index is -0.181. The van der Waals surface area contributed by atoms with Gasteiger partial charge in [-0.2, -0.15) is 4.98 Å². The second-order valence-corrected chi connectivity index (χ2v) is 5.83. The van der Waals surface area contributed by atoms with Gasteiger partial charge >= 0.3 is 0 Å². The van der Waals surface area contributed by atoms with Crippen molar-refractivity contribution in [2.45, 2.75) is 57.1 Å². The molecule has 1 aromatic rings. The summed E-state index contributed by atoms with van der Waals surface area (Å²) >= 11 is 0. The molecule has 0 bridgehead atoms. The van der Waals surface area contributed by atoms with Gasteiger partial charge in [0, 0.05) is 6.04 Å². The van der Waals surface area contributed by atoms with E-state index in [-0.39, 0.29) is 6.10 Å². The number of ether oxygens (including phenoxy) is 2. The predicted octanol–water partition coefficient (Wildman–Crippen LogP) is 2.18. The molecule has 1 aliphatic heterocycles. The monoisotopic (exact) mass is 295 g/mol. The Hall–Kier alpha value is -0.980. The lowest BCUT2D eigenvalue weighted by Crippen LogP contribution is -2.34. The van der Waals surface area contributed by atoms with Crippen LogP contribution in [0.4, 0.5) is 0 Å². The molecule has 6 heteroatoms. The van der Waals surface area contributed by atoms with Crippen LogP contribution in [0, 0.1) is 0 Å². The quantitative estimate of drug-likeness (QED) is 0.859. The topological polar surface area (TPSA) is 69.4 Å². The number of hydrogen-bond acceptors (Lipinski definition) is 6. The Labute approximate surface area is 125 Å². The minimum absolute atomic E-state index is 0.181. The molecule has 1 N–H and O–H groups in total. The van der Waals surface area contributed by atoms with E-state index in [2.05, 4.69) is 22.4 Å². The normalized spacial score (nSPS) is 31.0. The van der Waals surface area contributed by atoms with Gasteiger partial charge in [0.15, 0.2) is 0 Å². The molecular weight excluding hydrogens is 270 g/mol. The molecule has 3 atom stereocenters. The van der Waals surface area contributed by atoms with E-state index >= 15 is 0 Å². The Morgan fingerprint density at radius 2 is 2.10 bits per heavy atom. The zero-order valence-electron chi connectivity index (χ0n) is 12.7. The SMILES string of the molecule is CCNC1CCCCCC1c1nc(C2COCCO2)no1. The third-order valence-electron chi connectivity index (χ3n) is 4.36. The smallest absolute Gasteiger partial charge is 0.231 e. The second-order valence-electron chi connectivity index (χ2n) is 5.83. The fourth-order valence-electron chi connectivity index (χ4n) is 3.28. The molecule has 0 spiro atoms. The Morgan fingerprint density at radius 1 is 1.19 bits per heavy atom. The summed E-state index contributed by atoms with van der Waals surface area (Å²) in [6.45, 7) is 4.88. The number of rotatable bonds is 4. The van der Waals surface area contributed by atoms with Crippen molar-refractivity contribution in [2.75, 3.05) is 26.4 Å². The Balaban J connectivity index is 1.72. The largest absolute Gasteiger partial charge is 0.376 e.